The van der Waals surface area contributed by atoms with Crippen LogP contribution >= 0.6 is 0 Å². The van der Waals surface area contributed by atoms with Gasteiger partial charge < -0.3 is 88.6 Å². The van der Waals surface area contributed by atoms with Crippen molar-refractivity contribution in [3.63, 3.8) is 0 Å². The Bertz CT molecular complexity index is 1620. The smallest absolute Gasteiger partial charge is 0.331 e. The zero-order valence-corrected chi connectivity index (χ0v) is 31.0. The Labute approximate surface area is 321 Å². The molecule has 56 heavy (non-hydrogen) atoms. The first-order chi connectivity index (χ1) is 26.6. The number of methoxy groups -OCH3 is 2. The maximum Gasteiger partial charge on any atom is 0.331 e. The summed E-state index contributed by atoms with van der Waals surface area (Å²) in [7, 11) is 2.75. The zero-order valence-electron chi connectivity index (χ0n) is 31.0. The lowest BCUT2D eigenvalue weighted by molar-refractivity contribution is -0.363. The summed E-state index contributed by atoms with van der Waals surface area (Å²) in [5, 5.41) is 94.6. The number of aliphatic hydroxyl groups excluding tert-OH is 7. The quantitative estimate of drug-likeness (QED) is 0.0772. The topological polar surface area (TPSA) is 282 Å². The van der Waals surface area contributed by atoms with Crippen molar-refractivity contribution in [2.75, 3.05) is 27.4 Å². The molecule has 9 N–H and O–H groups in total. The Kier molecular flexibility index (Phi) is 14.9. The second kappa shape index (κ2) is 19.2. The number of phenolic OH excluding ortho intramolecular Hbond substituents is 2. The number of hydrogen-bond donors (Lipinski definition) is 9. The van der Waals surface area contributed by atoms with E-state index in [1.54, 1.807) is 12.1 Å². The molecule has 15 atom stereocenters. The van der Waals surface area contributed by atoms with Gasteiger partial charge in [0.05, 0.1) is 39.6 Å². The summed E-state index contributed by atoms with van der Waals surface area (Å²) in [4.78, 5) is 13.4. The molecular weight excluding hydrogens is 748 g/mol. The van der Waals surface area contributed by atoms with Gasteiger partial charge in [-0.05, 0) is 61.7 Å². The molecule has 0 bridgehead atoms. The minimum absolute atomic E-state index is 0.104. The van der Waals surface area contributed by atoms with Crippen LogP contribution < -0.4 is 9.47 Å². The van der Waals surface area contributed by atoms with Crippen LogP contribution in [-0.4, -0.2) is 171 Å². The Morgan fingerprint density at radius 3 is 1.95 bits per heavy atom. The van der Waals surface area contributed by atoms with Crippen LogP contribution in [0, 0.1) is 0 Å². The number of esters is 1. The molecule has 0 radical (unpaired) electrons. The highest BCUT2D eigenvalue weighted by atomic mass is 16.8. The van der Waals surface area contributed by atoms with E-state index in [2.05, 4.69) is 0 Å². The van der Waals surface area contributed by atoms with Gasteiger partial charge in [-0.2, -0.15) is 0 Å². The number of ether oxygens (including phenoxy) is 9. The molecule has 3 aliphatic rings. The molecule has 3 fully saturated rings. The van der Waals surface area contributed by atoms with Gasteiger partial charge >= 0.3 is 5.97 Å². The molecule has 0 aliphatic carbocycles. The van der Waals surface area contributed by atoms with Gasteiger partial charge in [0.1, 0.15) is 54.9 Å². The van der Waals surface area contributed by atoms with Crippen molar-refractivity contribution >= 4 is 12.0 Å². The number of aliphatic hydroxyl groups is 7. The molecule has 19 heteroatoms. The molecule has 0 unspecified atom stereocenters. The summed E-state index contributed by atoms with van der Waals surface area (Å²) < 4.78 is 51.0. The van der Waals surface area contributed by atoms with Crippen LogP contribution in [0.4, 0.5) is 0 Å². The summed E-state index contributed by atoms with van der Waals surface area (Å²) in [6.07, 6.45) is -20.5. The summed E-state index contributed by atoms with van der Waals surface area (Å²) >= 11 is 0. The highest BCUT2D eigenvalue weighted by Crippen LogP contribution is 2.33. The van der Waals surface area contributed by atoms with Gasteiger partial charge in [-0.3, -0.25) is 0 Å². The Hall–Kier alpha value is -3.67. The van der Waals surface area contributed by atoms with Gasteiger partial charge in [-0.1, -0.05) is 12.1 Å². The molecule has 0 spiro atoms. The Morgan fingerprint density at radius 1 is 0.679 bits per heavy atom. The van der Waals surface area contributed by atoms with E-state index in [0.29, 0.717) is 11.1 Å². The van der Waals surface area contributed by atoms with Crippen molar-refractivity contribution in [2.45, 2.75) is 112 Å². The number of carbonyl (C=O) groups excluding carboxylic acids is 1. The van der Waals surface area contributed by atoms with Crippen LogP contribution in [0.25, 0.3) is 6.08 Å². The van der Waals surface area contributed by atoms with E-state index in [0.717, 1.165) is 6.08 Å². The van der Waals surface area contributed by atoms with Crippen LogP contribution in [0.3, 0.4) is 0 Å². The lowest BCUT2D eigenvalue weighted by atomic mass is 9.96. The molecule has 3 heterocycles. The first kappa shape index (κ1) is 43.5. The fourth-order valence-corrected chi connectivity index (χ4v) is 6.40. The second-order valence-electron chi connectivity index (χ2n) is 13.6. The van der Waals surface area contributed by atoms with E-state index < -0.39 is 105 Å². The van der Waals surface area contributed by atoms with E-state index in [4.69, 9.17) is 42.6 Å². The normalized spacial score (nSPS) is 36.3. The highest BCUT2D eigenvalue weighted by molar-refractivity contribution is 5.87. The highest BCUT2D eigenvalue weighted by Gasteiger charge is 2.53. The monoisotopic (exact) mass is 798 g/mol. The lowest BCUT2D eigenvalue weighted by Gasteiger charge is -2.47. The SMILES string of the molecule is COc1ccc(CCO[C@@H]2O[C@H](CO[C@@H]3O[C@@H](C)[C@H](O)[C@@H](O)[C@H]3O)[C@@H](OC(=O)C=Cc3ccc(O)c(OC)c3)[C@H](O[C@@H]3O[C@@H](C)[C@H](O)[C@@H](O)[C@H]3O)[C@H]2O)cc1O. The third-order valence-corrected chi connectivity index (χ3v) is 9.73. The zero-order chi connectivity index (χ0) is 40.8. The van der Waals surface area contributed by atoms with Crippen LogP contribution in [-0.2, 0) is 44.4 Å². The lowest BCUT2D eigenvalue weighted by Crippen LogP contribution is -2.65. The molecule has 3 aliphatic heterocycles. The van der Waals surface area contributed by atoms with E-state index >= 15 is 0 Å². The van der Waals surface area contributed by atoms with Gasteiger partial charge in [0.25, 0.3) is 0 Å². The van der Waals surface area contributed by atoms with Gasteiger partial charge in [0.2, 0.25) is 0 Å². The van der Waals surface area contributed by atoms with Crippen molar-refractivity contribution in [3.05, 3.63) is 53.6 Å². The molecule has 312 valence electrons. The maximum absolute atomic E-state index is 13.4. The Balaban J connectivity index is 1.43. The first-order valence-corrected chi connectivity index (χ1v) is 17.9. The number of aromatic hydroxyl groups is 2. The number of carbonyl (C=O) groups is 1. The fraction of sp³-hybridized carbons (Fsp3) is 0.595. The second-order valence-corrected chi connectivity index (χ2v) is 13.6. The van der Waals surface area contributed by atoms with Gasteiger partial charge in [0.15, 0.2) is 48.0 Å². The van der Waals surface area contributed by atoms with E-state index in [-0.39, 0.29) is 36.0 Å². The number of benzene rings is 2. The third-order valence-electron chi connectivity index (χ3n) is 9.73. The van der Waals surface area contributed by atoms with Crippen LogP contribution in [0.2, 0.25) is 0 Å². The average Bonchev–Trinajstić information content (AvgIpc) is 3.18. The van der Waals surface area contributed by atoms with Crippen LogP contribution in [0.1, 0.15) is 25.0 Å². The molecule has 0 amide bonds. The number of phenols is 2. The molecule has 0 saturated carbocycles. The minimum Gasteiger partial charge on any atom is -0.504 e. The van der Waals surface area contributed by atoms with E-state index in [1.165, 1.54) is 58.4 Å². The van der Waals surface area contributed by atoms with E-state index in [9.17, 15) is 50.8 Å². The maximum atomic E-state index is 13.4. The van der Waals surface area contributed by atoms with E-state index in [1.807, 2.05) is 0 Å². The molecule has 2 aromatic carbocycles. The third kappa shape index (κ3) is 10.1. The summed E-state index contributed by atoms with van der Waals surface area (Å²) in [6, 6.07) is 9.01. The molecule has 19 nitrogen and oxygen atoms in total. The average molecular weight is 799 g/mol. The molecule has 3 saturated heterocycles. The van der Waals surface area contributed by atoms with Gasteiger partial charge in [0, 0.05) is 6.08 Å². The summed E-state index contributed by atoms with van der Waals surface area (Å²) in [5.74, 6) is -0.851. The van der Waals surface area contributed by atoms with Crippen molar-refractivity contribution in [1.29, 1.82) is 0 Å². The number of hydrogen-bond acceptors (Lipinski definition) is 19. The van der Waals surface area contributed by atoms with Crippen molar-refractivity contribution in [1.82, 2.24) is 0 Å². The minimum atomic E-state index is -1.84. The fourth-order valence-electron chi connectivity index (χ4n) is 6.40. The van der Waals surface area contributed by atoms with Gasteiger partial charge in [-0.15, -0.1) is 0 Å². The molecule has 2 aromatic rings. The summed E-state index contributed by atoms with van der Waals surface area (Å²) in [5.41, 5.74) is 1.06. The standard InChI is InChI=1S/C37H50O19/c1-16-26(41)28(43)30(45)35(52-16)51-15-24-33(55-25(40)10-7-18-5-8-20(38)23(14-18)49-4)34(56-37-31(46)29(44)27(42)17(2)53-37)32(47)36(54-24)50-12-11-19-6-9-22(48-3)21(39)13-19/h5-10,13-14,16-17,24,26-39,41-47H,11-12,15H2,1-4H3/t16-,17-,24+,26-,27-,28+,29+,30+,31+,32+,33+,34+,35+,36+,37-/m0/s1. The summed E-state index contributed by atoms with van der Waals surface area (Å²) in [6.45, 7) is 2.19. The van der Waals surface area contributed by atoms with Crippen LogP contribution in [0.5, 0.6) is 23.0 Å². The predicted octanol–water partition coefficient (Wildman–Crippen LogP) is -1.56. The number of rotatable bonds is 14. The van der Waals surface area contributed by atoms with Gasteiger partial charge in [-0.25, -0.2) is 4.79 Å². The Morgan fingerprint density at radius 2 is 1.30 bits per heavy atom. The first-order valence-electron chi connectivity index (χ1n) is 17.9. The predicted molar refractivity (Wildman–Crippen MR) is 188 cm³/mol. The molecular formula is C37H50O19. The van der Waals surface area contributed by atoms with Crippen molar-refractivity contribution in [3.8, 4) is 23.0 Å². The molecule has 0 aromatic heterocycles. The molecule has 5 rings (SSSR count). The van der Waals surface area contributed by atoms with Crippen molar-refractivity contribution < 1.29 is 93.4 Å². The van der Waals surface area contributed by atoms with Crippen LogP contribution in [0.15, 0.2) is 42.5 Å². The van der Waals surface area contributed by atoms with Crippen molar-refractivity contribution in [2.24, 2.45) is 0 Å². The largest absolute Gasteiger partial charge is 0.504 e.